The minimum Gasteiger partial charge on any atom is -0.490 e. The molecule has 0 fully saturated rings. The Morgan fingerprint density at radius 1 is 1.36 bits per heavy atom. The molecule has 0 spiro atoms. The van der Waals surface area contributed by atoms with Gasteiger partial charge < -0.3 is 15.2 Å². The topological polar surface area (TPSA) is 98.8 Å². The van der Waals surface area contributed by atoms with Crippen molar-refractivity contribution in [3.63, 3.8) is 0 Å². The van der Waals surface area contributed by atoms with Gasteiger partial charge in [-0.05, 0) is 44.0 Å². The standard InChI is InChI=1S/C17H22N4O3S/c1-4-8-24-14-9-12(6-7-13(14)23-5-2)10-19-21-16(22)15-11(3)20-17(18)25-15/h6-7,9-10H,4-5,8H2,1-3H3,(H2,18,20)(H,21,22)/b19-10-. The number of hydrogen-bond donors (Lipinski definition) is 2. The van der Waals surface area contributed by atoms with Gasteiger partial charge in [0.05, 0.1) is 25.1 Å². The van der Waals surface area contributed by atoms with Gasteiger partial charge in [-0.15, -0.1) is 0 Å². The molecule has 2 rings (SSSR count). The Morgan fingerprint density at radius 3 is 2.80 bits per heavy atom. The van der Waals surface area contributed by atoms with Crippen LogP contribution in [0.5, 0.6) is 11.5 Å². The highest BCUT2D eigenvalue weighted by molar-refractivity contribution is 7.17. The third kappa shape index (κ3) is 5.18. The van der Waals surface area contributed by atoms with Gasteiger partial charge in [0.25, 0.3) is 5.91 Å². The number of hydrogen-bond acceptors (Lipinski definition) is 7. The third-order valence-electron chi connectivity index (χ3n) is 3.13. The molecule has 0 unspecified atom stereocenters. The Bertz CT molecular complexity index is 758. The molecule has 1 aromatic carbocycles. The fraction of sp³-hybridized carbons (Fsp3) is 0.353. The van der Waals surface area contributed by atoms with Crippen molar-refractivity contribution in [2.24, 2.45) is 5.10 Å². The number of nitrogens with two attached hydrogens (primary N) is 1. The van der Waals surface area contributed by atoms with Crippen LogP contribution in [-0.4, -0.2) is 30.3 Å². The van der Waals surface area contributed by atoms with Crippen molar-refractivity contribution in [3.8, 4) is 11.5 Å². The largest absolute Gasteiger partial charge is 0.490 e. The van der Waals surface area contributed by atoms with E-state index in [-0.39, 0.29) is 5.91 Å². The number of benzene rings is 1. The average molecular weight is 362 g/mol. The highest BCUT2D eigenvalue weighted by atomic mass is 32.1. The predicted molar refractivity (Wildman–Crippen MR) is 99.7 cm³/mol. The second-order valence-electron chi connectivity index (χ2n) is 5.15. The highest BCUT2D eigenvalue weighted by Crippen LogP contribution is 2.28. The van der Waals surface area contributed by atoms with Gasteiger partial charge >= 0.3 is 0 Å². The number of nitrogens with one attached hydrogen (secondary N) is 1. The number of hydrazone groups is 1. The maximum absolute atomic E-state index is 12.1. The quantitative estimate of drug-likeness (QED) is 0.555. The van der Waals surface area contributed by atoms with Gasteiger partial charge in [-0.1, -0.05) is 18.3 Å². The Labute approximate surface area is 150 Å². The summed E-state index contributed by atoms with van der Waals surface area (Å²) in [6, 6.07) is 5.49. The Morgan fingerprint density at radius 2 is 2.16 bits per heavy atom. The van der Waals surface area contributed by atoms with Crippen LogP contribution >= 0.6 is 11.3 Å². The molecule has 2 aromatic rings. The first-order valence-electron chi connectivity index (χ1n) is 8.01. The lowest BCUT2D eigenvalue weighted by molar-refractivity contribution is 0.0958. The lowest BCUT2D eigenvalue weighted by Crippen LogP contribution is -2.17. The second-order valence-corrected chi connectivity index (χ2v) is 6.18. The van der Waals surface area contributed by atoms with E-state index in [9.17, 15) is 4.79 Å². The number of amides is 1. The number of rotatable bonds is 8. The zero-order valence-electron chi connectivity index (χ0n) is 14.5. The number of anilines is 1. The van der Waals surface area contributed by atoms with Crippen molar-refractivity contribution in [2.45, 2.75) is 27.2 Å². The molecule has 1 heterocycles. The van der Waals surface area contributed by atoms with E-state index < -0.39 is 0 Å². The molecule has 0 aliphatic heterocycles. The van der Waals surface area contributed by atoms with Gasteiger partial charge in [0.2, 0.25) is 0 Å². The minimum atomic E-state index is -0.337. The second kappa shape index (κ2) is 9.03. The highest BCUT2D eigenvalue weighted by Gasteiger charge is 2.13. The molecule has 8 heteroatoms. The molecule has 134 valence electrons. The van der Waals surface area contributed by atoms with Crippen LogP contribution in [0.3, 0.4) is 0 Å². The molecule has 0 bridgehead atoms. The molecular weight excluding hydrogens is 340 g/mol. The van der Waals surface area contributed by atoms with Crippen molar-refractivity contribution in [1.29, 1.82) is 0 Å². The lowest BCUT2D eigenvalue weighted by Gasteiger charge is -2.11. The summed E-state index contributed by atoms with van der Waals surface area (Å²) < 4.78 is 11.2. The van der Waals surface area contributed by atoms with E-state index in [2.05, 4.69) is 15.5 Å². The lowest BCUT2D eigenvalue weighted by atomic mass is 10.2. The van der Waals surface area contributed by atoms with E-state index in [1.54, 1.807) is 13.1 Å². The van der Waals surface area contributed by atoms with Crippen LogP contribution in [0.15, 0.2) is 23.3 Å². The molecule has 0 radical (unpaired) electrons. The Hall–Kier alpha value is -2.61. The third-order valence-corrected chi connectivity index (χ3v) is 4.11. The van der Waals surface area contributed by atoms with Crippen LogP contribution in [0.4, 0.5) is 5.13 Å². The van der Waals surface area contributed by atoms with Gasteiger partial charge in [0.1, 0.15) is 4.88 Å². The average Bonchev–Trinajstić information content (AvgIpc) is 2.93. The van der Waals surface area contributed by atoms with E-state index in [0.717, 1.165) is 23.3 Å². The molecule has 3 N–H and O–H groups in total. The van der Waals surface area contributed by atoms with Crippen LogP contribution in [0.1, 0.15) is 41.2 Å². The number of aromatic nitrogens is 1. The molecule has 0 aliphatic rings. The van der Waals surface area contributed by atoms with Gasteiger partial charge in [0, 0.05) is 0 Å². The number of thiazole rings is 1. The molecule has 7 nitrogen and oxygen atoms in total. The first-order valence-corrected chi connectivity index (χ1v) is 8.82. The summed E-state index contributed by atoms with van der Waals surface area (Å²) >= 11 is 1.13. The Kier molecular flexibility index (Phi) is 6.76. The summed E-state index contributed by atoms with van der Waals surface area (Å²) in [5, 5.41) is 4.34. The summed E-state index contributed by atoms with van der Waals surface area (Å²) in [5.41, 5.74) is 9.45. The fourth-order valence-electron chi connectivity index (χ4n) is 2.05. The van der Waals surface area contributed by atoms with E-state index in [0.29, 0.717) is 40.4 Å². The maximum Gasteiger partial charge on any atom is 0.283 e. The molecule has 1 amide bonds. The van der Waals surface area contributed by atoms with Gasteiger partial charge in [-0.2, -0.15) is 5.10 Å². The monoisotopic (exact) mass is 362 g/mol. The predicted octanol–water partition coefficient (Wildman–Crippen LogP) is 2.99. The van der Waals surface area contributed by atoms with Crippen molar-refractivity contribution in [2.75, 3.05) is 18.9 Å². The summed E-state index contributed by atoms with van der Waals surface area (Å²) in [6.07, 6.45) is 2.45. The van der Waals surface area contributed by atoms with E-state index in [4.69, 9.17) is 15.2 Å². The zero-order chi connectivity index (χ0) is 18.2. The molecule has 1 aromatic heterocycles. The smallest absolute Gasteiger partial charge is 0.283 e. The summed E-state index contributed by atoms with van der Waals surface area (Å²) in [6.45, 7) is 6.85. The number of carbonyl (C=O) groups excluding carboxylic acids is 1. The minimum absolute atomic E-state index is 0.337. The zero-order valence-corrected chi connectivity index (χ0v) is 15.4. The van der Waals surface area contributed by atoms with Crippen LogP contribution in [0.2, 0.25) is 0 Å². The molecule has 25 heavy (non-hydrogen) atoms. The van der Waals surface area contributed by atoms with E-state index in [1.807, 2.05) is 32.0 Å². The van der Waals surface area contributed by atoms with Crippen LogP contribution in [-0.2, 0) is 0 Å². The summed E-state index contributed by atoms with van der Waals surface area (Å²) in [4.78, 5) is 16.5. The van der Waals surface area contributed by atoms with Crippen LogP contribution in [0, 0.1) is 6.92 Å². The van der Waals surface area contributed by atoms with E-state index >= 15 is 0 Å². The molecule has 0 saturated heterocycles. The van der Waals surface area contributed by atoms with E-state index in [1.165, 1.54) is 0 Å². The SMILES string of the molecule is CCCOc1cc(/C=N\NC(=O)c2sc(N)nc2C)ccc1OCC. The first kappa shape index (κ1) is 18.7. The fourth-order valence-corrected chi connectivity index (χ4v) is 2.77. The normalized spacial score (nSPS) is 10.8. The van der Waals surface area contributed by atoms with Crippen molar-refractivity contribution in [1.82, 2.24) is 10.4 Å². The molecular formula is C17H22N4O3S. The Balaban J connectivity index is 2.06. The van der Waals surface area contributed by atoms with Crippen LogP contribution in [0.25, 0.3) is 0 Å². The first-order chi connectivity index (χ1) is 12.0. The van der Waals surface area contributed by atoms with Gasteiger partial charge in [-0.3, -0.25) is 4.79 Å². The summed E-state index contributed by atoms with van der Waals surface area (Å²) in [7, 11) is 0. The maximum atomic E-state index is 12.1. The molecule has 0 saturated carbocycles. The van der Waals surface area contributed by atoms with Crippen molar-refractivity contribution < 1.29 is 14.3 Å². The van der Waals surface area contributed by atoms with Crippen molar-refractivity contribution in [3.05, 3.63) is 34.3 Å². The molecule has 0 atom stereocenters. The number of carbonyl (C=O) groups is 1. The van der Waals surface area contributed by atoms with Gasteiger partial charge in [-0.25, -0.2) is 10.4 Å². The summed E-state index contributed by atoms with van der Waals surface area (Å²) in [5.74, 6) is 1.01. The van der Waals surface area contributed by atoms with Crippen molar-refractivity contribution >= 4 is 28.6 Å². The number of nitrogen functional groups attached to an aromatic ring is 1. The van der Waals surface area contributed by atoms with Crippen LogP contribution < -0.4 is 20.6 Å². The number of aryl methyl sites for hydroxylation is 1. The molecule has 0 aliphatic carbocycles. The number of ether oxygens (including phenoxy) is 2. The number of nitrogens with zero attached hydrogens (tertiary/aromatic N) is 2. The van der Waals surface area contributed by atoms with Gasteiger partial charge in [0.15, 0.2) is 16.6 Å².